The molecule has 0 saturated heterocycles. The lowest BCUT2D eigenvalue weighted by molar-refractivity contribution is 0.369. The lowest BCUT2D eigenvalue weighted by Crippen LogP contribution is -2.65. The highest BCUT2D eigenvalue weighted by atomic mass is 35.6. The van der Waals surface area contributed by atoms with Crippen molar-refractivity contribution in [1.29, 1.82) is 0 Å². The van der Waals surface area contributed by atoms with Crippen LogP contribution in [0.25, 0.3) is 0 Å². The molecular formula is C7H2Cl13O3S. The molecule has 0 N–H and O–H groups in total. The predicted octanol–water partition coefficient (Wildman–Crippen LogP) is 6.93. The van der Waals surface area contributed by atoms with E-state index in [4.69, 9.17) is 151 Å². The topological polar surface area (TPSA) is 43.4 Å². The van der Waals surface area contributed by atoms with Gasteiger partial charge in [-0.25, -0.2) is 8.42 Å². The van der Waals surface area contributed by atoms with Gasteiger partial charge in [0.25, 0.3) is 11.0 Å². The zero-order valence-corrected chi connectivity index (χ0v) is 20.9. The third-order valence-electron chi connectivity index (χ3n) is 2.24. The number of rotatable bonds is 7. The molecule has 0 atom stereocenters. The molecule has 0 aliphatic rings. The van der Waals surface area contributed by atoms with Gasteiger partial charge in [0.2, 0.25) is 8.13 Å². The van der Waals surface area contributed by atoms with Crippen LogP contribution in [0.2, 0.25) is 0 Å². The molecule has 1 radical (unpaired) electrons. The molecule has 0 saturated carbocycles. The number of hydrogen-bond acceptors (Lipinski definition) is 3. The highest BCUT2D eigenvalue weighted by molar-refractivity contribution is 7.67. The van der Waals surface area contributed by atoms with E-state index in [0.29, 0.717) is 0 Å². The van der Waals surface area contributed by atoms with Crippen LogP contribution in [0.3, 0.4) is 0 Å². The van der Waals surface area contributed by atoms with Crippen molar-refractivity contribution in [3.63, 3.8) is 0 Å². The van der Waals surface area contributed by atoms with Crippen LogP contribution in [0.1, 0.15) is 0 Å². The van der Waals surface area contributed by atoms with Crippen molar-refractivity contribution in [3.8, 4) is 0 Å². The summed E-state index contributed by atoms with van der Waals surface area (Å²) in [7, 11) is -3.43. The molecular weight excluding hydrogens is 625 g/mol. The highest BCUT2D eigenvalue weighted by Gasteiger charge is 2.76. The van der Waals surface area contributed by atoms with Crippen molar-refractivity contribution in [2.45, 2.75) is 25.5 Å². The van der Waals surface area contributed by atoms with Crippen LogP contribution in [0, 0.1) is 6.61 Å². The molecule has 0 aromatic heterocycles. The predicted molar refractivity (Wildman–Crippen MR) is 108 cm³/mol. The summed E-state index contributed by atoms with van der Waals surface area (Å²) in [6, 6.07) is 0. The molecule has 0 bridgehead atoms. The minimum absolute atomic E-state index is 0.282. The second kappa shape index (κ2) is 8.81. The summed E-state index contributed by atoms with van der Waals surface area (Å²) in [6.45, 7) is 0.282. The van der Waals surface area contributed by atoms with Crippen LogP contribution in [0.5, 0.6) is 0 Å². The van der Waals surface area contributed by atoms with Gasteiger partial charge in [-0.2, -0.15) is 0 Å². The quantitative estimate of drug-likeness (QED) is 0.246. The molecule has 0 aliphatic carbocycles. The second-order valence-electron chi connectivity index (χ2n) is 3.87. The number of thiol groups is 1. The summed E-state index contributed by atoms with van der Waals surface area (Å²) < 4.78 is 8.62. The van der Waals surface area contributed by atoms with Gasteiger partial charge in [0.15, 0.2) is 17.3 Å². The Labute approximate surface area is 204 Å². The molecule has 0 amide bonds. The van der Waals surface area contributed by atoms with Crippen molar-refractivity contribution in [2.75, 3.05) is 0 Å². The lowest BCUT2D eigenvalue weighted by atomic mass is 10.1. The largest absolute Gasteiger partial charge is 0.263 e. The Morgan fingerprint density at radius 2 is 0.917 bits per heavy atom. The fourth-order valence-corrected chi connectivity index (χ4v) is 4.81. The average Bonchev–Trinajstić information content (AvgIpc) is 2.34. The first-order chi connectivity index (χ1) is 10.2. The summed E-state index contributed by atoms with van der Waals surface area (Å²) in [5.41, 5.74) is 0. The van der Waals surface area contributed by atoms with Gasteiger partial charge in [0, 0.05) is 0 Å². The number of halogens is 13. The van der Waals surface area contributed by atoms with E-state index in [2.05, 4.69) is 4.18 Å². The normalized spacial score (nSPS) is 15.9. The number of alkyl halides is 13. The van der Waals surface area contributed by atoms with Crippen LogP contribution in [-0.4, -0.2) is 33.9 Å². The highest BCUT2D eigenvalue weighted by Crippen LogP contribution is 2.69. The van der Waals surface area contributed by atoms with E-state index in [9.17, 15) is 8.42 Å². The molecule has 0 heterocycles. The van der Waals surface area contributed by atoms with E-state index in [0.717, 1.165) is 0 Å². The van der Waals surface area contributed by atoms with Gasteiger partial charge in [-0.05, 0) is 0 Å². The monoisotopic (exact) mass is 621 g/mol. The van der Waals surface area contributed by atoms with Gasteiger partial charge < -0.3 is 0 Å². The van der Waals surface area contributed by atoms with Gasteiger partial charge in [0.1, 0.15) is 6.61 Å². The maximum Gasteiger partial charge on any atom is 0.257 e. The minimum Gasteiger partial charge on any atom is -0.263 e. The fourth-order valence-electron chi connectivity index (χ4n) is 0.965. The third kappa shape index (κ3) is 5.23. The minimum atomic E-state index is -3.43. The van der Waals surface area contributed by atoms with E-state index in [1.54, 1.807) is 0 Å². The van der Waals surface area contributed by atoms with E-state index in [-0.39, 0.29) is 6.61 Å². The van der Waals surface area contributed by atoms with Gasteiger partial charge in [0.05, 0.1) is 0 Å². The van der Waals surface area contributed by atoms with Gasteiger partial charge in [-0.1, -0.05) is 151 Å². The smallest absolute Gasteiger partial charge is 0.257 e. The first-order valence-electron chi connectivity index (χ1n) is 4.78. The van der Waals surface area contributed by atoms with Crippen molar-refractivity contribution < 1.29 is 12.6 Å². The lowest BCUT2D eigenvalue weighted by Gasteiger charge is -2.50. The van der Waals surface area contributed by atoms with E-state index in [1.165, 1.54) is 0 Å². The Morgan fingerprint density at radius 1 is 0.583 bits per heavy atom. The SMILES string of the molecule is O=[SH](=O)O[CH]C(Cl)(Cl)C(Cl)(Cl)C(Cl)(Cl)C(Cl)(Cl)C(Cl)(Cl)C(Cl)(Cl)Cl. The summed E-state index contributed by atoms with van der Waals surface area (Å²) >= 11 is 76.0. The molecule has 24 heavy (non-hydrogen) atoms. The maximum absolute atomic E-state index is 10.5. The Bertz CT molecular complexity index is 526. The molecule has 0 spiro atoms. The fraction of sp³-hybridized carbons (Fsp3) is 0.857. The molecule has 0 rings (SSSR count). The summed E-state index contributed by atoms with van der Waals surface area (Å²) in [4.78, 5) is 0. The van der Waals surface area contributed by atoms with Crippen LogP contribution < -0.4 is 0 Å². The van der Waals surface area contributed by atoms with Crippen molar-refractivity contribution in [1.82, 2.24) is 0 Å². The molecule has 0 fully saturated rings. The first kappa shape index (κ1) is 27.7. The Kier molecular flexibility index (Phi) is 10.2. The third-order valence-corrected chi connectivity index (χ3v) is 10.8. The van der Waals surface area contributed by atoms with Crippen molar-refractivity contribution >= 4 is 162 Å². The number of hydrogen-bond donors (Lipinski definition) is 1. The van der Waals surface area contributed by atoms with Crippen LogP contribution in [0.4, 0.5) is 0 Å². The van der Waals surface area contributed by atoms with Crippen LogP contribution in [0.15, 0.2) is 0 Å². The van der Waals surface area contributed by atoms with Crippen molar-refractivity contribution in [3.05, 3.63) is 6.61 Å². The molecule has 0 aromatic rings. The zero-order chi connectivity index (χ0) is 20.0. The van der Waals surface area contributed by atoms with Gasteiger partial charge >= 0.3 is 0 Å². The second-order valence-corrected chi connectivity index (χ2v) is 13.5. The molecule has 0 aromatic carbocycles. The van der Waals surface area contributed by atoms with Crippen LogP contribution >= 0.6 is 151 Å². The van der Waals surface area contributed by atoms with Crippen LogP contribution in [-0.2, 0) is 15.2 Å². The molecule has 0 unspecified atom stereocenters. The standard InChI is InChI=1S/C7H2Cl13O3S/c8-2(9,1-23-24(21)22)3(10,11)4(12,13)5(14,15)6(16,17)7(18,19)20/h1,24H. The molecule has 0 aliphatic heterocycles. The molecule has 3 nitrogen and oxygen atoms in total. The van der Waals surface area contributed by atoms with E-state index in [1.807, 2.05) is 0 Å². The Balaban J connectivity index is 6.10. The summed E-state index contributed by atoms with van der Waals surface area (Å²) in [6.07, 6.45) is 0. The van der Waals surface area contributed by atoms with Gasteiger partial charge in [-0.3, -0.25) is 4.18 Å². The van der Waals surface area contributed by atoms with E-state index >= 15 is 0 Å². The Morgan fingerprint density at radius 3 is 1.21 bits per heavy atom. The van der Waals surface area contributed by atoms with E-state index < -0.39 is 36.4 Å². The zero-order valence-electron chi connectivity index (χ0n) is 10.2. The molecule has 145 valence electrons. The first-order valence-corrected chi connectivity index (χ1v) is 10.8. The van der Waals surface area contributed by atoms with Crippen molar-refractivity contribution in [2.24, 2.45) is 0 Å². The molecule has 17 heteroatoms. The summed E-state index contributed by atoms with van der Waals surface area (Å²) in [5.74, 6) is 0. The summed E-state index contributed by atoms with van der Waals surface area (Å²) in [5, 5.41) is 0. The maximum atomic E-state index is 10.5. The Hall–Kier alpha value is 3.68. The average molecular weight is 627 g/mol. The van der Waals surface area contributed by atoms with Gasteiger partial charge in [-0.15, -0.1) is 0 Å².